The number of fused-ring (bicyclic) bond motifs is 5. The van der Waals surface area contributed by atoms with Crippen LogP contribution in [0.4, 0.5) is 0 Å². The molecule has 0 bridgehead atoms. The van der Waals surface area contributed by atoms with Gasteiger partial charge in [-0.05, 0) is 123 Å². The second kappa shape index (κ2) is 9.30. The topological polar surface area (TPSA) is 46.6 Å². The number of ether oxygens (including phenoxy) is 1. The van der Waals surface area contributed by atoms with Crippen molar-refractivity contribution in [1.82, 2.24) is 4.90 Å². The lowest BCUT2D eigenvalue weighted by Gasteiger charge is -2.60. The van der Waals surface area contributed by atoms with Gasteiger partial charge in [0, 0.05) is 13.1 Å². The molecule has 0 N–H and O–H groups in total. The molecule has 0 aromatic carbocycles. The molecular weight excluding hydrogens is 434 g/mol. The zero-order chi connectivity index (χ0) is 25.0. The fourth-order valence-electron chi connectivity index (χ4n) is 9.67. The quantitative estimate of drug-likeness (QED) is 0.415. The van der Waals surface area contributed by atoms with E-state index in [0.717, 1.165) is 62.7 Å². The predicted molar refractivity (Wildman–Crippen MR) is 140 cm³/mol. The molecule has 4 heteroatoms. The number of esters is 1. The highest BCUT2D eigenvalue weighted by Gasteiger charge is 2.59. The van der Waals surface area contributed by atoms with Gasteiger partial charge in [-0.3, -0.25) is 9.59 Å². The summed E-state index contributed by atoms with van der Waals surface area (Å²) in [5.41, 5.74) is 1.96. The number of ketones is 1. The molecule has 0 radical (unpaired) electrons. The van der Waals surface area contributed by atoms with Crippen molar-refractivity contribution < 1.29 is 14.3 Å². The highest BCUT2D eigenvalue weighted by atomic mass is 16.5. The van der Waals surface area contributed by atoms with Crippen LogP contribution in [-0.2, 0) is 14.3 Å². The van der Waals surface area contributed by atoms with E-state index in [4.69, 9.17) is 4.74 Å². The van der Waals surface area contributed by atoms with Gasteiger partial charge in [0.05, 0.1) is 6.42 Å². The summed E-state index contributed by atoms with van der Waals surface area (Å²) >= 11 is 0. The normalized spacial score (nSPS) is 42.9. The maximum atomic E-state index is 12.7. The minimum atomic E-state index is 0.0119. The maximum absolute atomic E-state index is 12.7. The van der Waals surface area contributed by atoms with E-state index in [9.17, 15) is 9.59 Å². The maximum Gasteiger partial charge on any atom is 0.307 e. The van der Waals surface area contributed by atoms with E-state index in [-0.39, 0.29) is 17.5 Å². The lowest BCUT2D eigenvalue weighted by Crippen LogP contribution is -2.54. The Bertz CT molecular complexity index is 876. The Morgan fingerprint density at radius 1 is 1.03 bits per heavy atom. The number of nitrogens with zero attached hydrogens (tertiary/aromatic N) is 1. The molecule has 0 amide bonds. The largest absolute Gasteiger partial charge is 0.462 e. The standard InChI is InChI=1S/C31H49NO3/c1-21(33)25-9-10-26-24-8-7-22-19-23(11-15-30(22,4)27(24)12-16-31(25,26)5)35-28(34)13-18-32-17-6-14-29(2,3)20-32/h9,22-24,26-27H,6-8,10-20H2,1-5H3/t22-,23-,24+,26+,27+,30-,31+/m0/s1. The van der Waals surface area contributed by atoms with Crippen molar-refractivity contribution in [2.24, 2.45) is 39.9 Å². The van der Waals surface area contributed by atoms with E-state index in [1.807, 2.05) is 0 Å². The number of carbonyl (C=O) groups excluding carboxylic acids is 2. The minimum absolute atomic E-state index is 0.0119. The molecule has 0 unspecified atom stereocenters. The molecule has 5 rings (SSSR count). The van der Waals surface area contributed by atoms with E-state index < -0.39 is 0 Å². The van der Waals surface area contributed by atoms with Crippen molar-refractivity contribution in [1.29, 1.82) is 0 Å². The van der Waals surface area contributed by atoms with Gasteiger partial charge in [-0.2, -0.15) is 0 Å². The van der Waals surface area contributed by atoms with Gasteiger partial charge < -0.3 is 9.64 Å². The molecule has 4 nitrogen and oxygen atoms in total. The fraction of sp³-hybridized carbons (Fsp3) is 0.871. The number of Topliss-reactive ketones (excluding diaryl/α,β-unsaturated/α-hetero) is 1. The van der Waals surface area contributed by atoms with Gasteiger partial charge >= 0.3 is 5.97 Å². The van der Waals surface area contributed by atoms with Gasteiger partial charge in [-0.25, -0.2) is 0 Å². The number of rotatable bonds is 5. The van der Waals surface area contributed by atoms with Gasteiger partial charge in [-0.15, -0.1) is 0 Å². The molecule has 1 aliphatic heterocycles. The number of carbonyl (C=O) groups is 2. The van der Waals surface area contributed by atoms with Crippen LogP contribution in [0, 0.1) is 39.9 Å². The van der Waals surface area contributed by atoms with Gasteiger partial charge in [-0.1, -0.05) is 33.8 Å². The number of piperidine rings is 1. The smallest absolute Gasteiger partial charge is 0.307 e. The fourth-order valence-corrected chi connectivity index (χ4v) is 9.67. The van der Waals surface area contributed by atoms with Crippen molar-refractivity contribution >= 4 is 11.8 Å². The Hall–Kier alpha value is -1.16. The average Bonchev–Trinajstić information content (AvgIpc) is 3.15. The SMILES string of the molecule is CC(=O)C1=CC[C@@H]2[C@H]3CC[C@H]4C[C@@H](OC(=O)CCN5CCCC(C)(C)C5)CC[C@]4(C)[C@@H]3CC[C@]12C. The zero-order valence-corrected chi connectivity index (χ0v) is 23.0. The van der Waals surface area contributed by atoms with E-state index in [2.05, 4.69) is 38.7 Å². The monoisotopic (exact) mass is 483 g/mol. The summed E-state index contributed by atoms with van der Waals surface area (Å²) in [5.74, 6) is 3.13. The van der Waals surface area contributed by atoms with Crippen LogP contribution in [0.3, 0.4) is 0 Å². The lowest BCUT2D eigenvalue weighted by atomic mass is 9.44. The third-order valence-corrected chi connectivity index (χ3v) is 11.5. The molecule has 7 atom stereocenters. The van der Waals surface area contributed by atoms with Crippen molar-refractivity contribution in [3.63, 3.8) is 0 Å². The van der Waals surface area contributed by atoms with Gasteiger partial charge in [0.1, 0.15) is 6.10 Å². The molecule has 0 aromatic rings. The highest BCUT2D eigenvalue weighted by Crippen LogP contribution is 2.66. The zero-order valence-electron chi connectivity index (χ0n) is 23.0. The number of hydrogen-bond donors (Lipinski definition) is 0. The summed E-state index contributed by atoms with van der Waals surface area (Å²) in [6.45, 7) is 14.4. The summed E-state index contributed by atoms with van der Waals surface area (Å²) < 4.78 is 6.08. The molecule has 196 valence electrons. The first-order valence-electron chi connectivity index (χ1n) is 14.7. The van der Waals surface area contributed by atoms with Crippen LogP contribution in [0.1, 0.15) is 105 Å². The van der Waals surface area contributed by atoms with Crippen LogP contribution in [-0.4, -0.2) is 42.4 Å². The van der Waals surface area contributed by atoms with Gasteiger partial charge in [0.15, 0.2) is 5.78 Å². The van der Waals surface area contributed by atoms with Crippen LogP contribution in [0.15, 0.2) is 11.6 Å². The minimum Gasteiger partial charge on any atom is -0.462 e. The van der Waals surface area contributed by atoms with E-state index in [0.29, 0.717) is 34.9 Å². The Morgan fingerprint density at radius 2 is 1.83 bits per heavy atom. The number of allylic oxidation sites excluding steroid dienone is 2. The average molecular weight is 484 g/mol. The first-order valence-corrected chi connectivity index (χ1v) is 14.7. The summed E-state index contributed by atoms with van der Waals surface area (Å²) in [6.07, 6.45) is 14.8. The predicted octanol–water partition coefficient (Wildman–Crippen LogP) is 6.58. The molecule has 5 aliphatic rings. The Labute approximate surface area is 213 Å². The van der Waals surface area contributed by atoms with E-state index in [1.165, 1.54) is 38.5 Å². The molecule has 35 heavy (non-hydrogen) atoms. The van der Waals surface area contributed by atoms with Crippen LogP contribution in [0.5, 0.6) is 0 Å². The van der Waals surface area contributed by atoms with Crippen molar-refractivity contribution in [2.45, 2.75) is 111 Å². The van der Waals surface area contributed by atoms with Crippen molar-refractivity contribution in [3.8, 4) is 0 Å². The first kappa shape index (κ1) is 25.5. The van der Waals surface area contributed by atoms with Crippen LogP contribution < -0.4 is 0 Å². The van der Waals surface area contributed by atoms with Crippen LogP contribution in [0.25, 0.3) is 0 Å². The van der Waals surface area contributed by atoms with Crippen LogP contribution in [0.2, 0.25) is 0 Å². The molecule has 4 aliphatic carbocycles. The second-order valence-electron chi connectivity index (χ2n) is 14.2. The molecular formula is C31H49NO3. The second-order valence-corrected chi connectivity index (χ2v) is 14.2. The Balaban J connectivity index is 1.16. The highest BCUT2D eigenvalue weighted by molar-refractivity contribution is 5.95. The molecule has 0 spiro atoms. The Kier molecular flexibility index (Phi) is 6.77. The third kappa shape index (κ3) is 4.66. The van der Waals surface area contributed by atoms with Crippen LogP contribution >= 0.6 is 0 Å². The number of likely N-dealkylation sites (tertiary alicyclic amines) is 1. The summed E-state index contributed by atoms with van der Waals surface area (Å²) in [5, 5.41) is 0. The third-order valence-electron chi connectivity index (χ3n) is 11.5. The van der Waals surface area contributed by atoms with E-state index >= 15 is 0 Å². The summed E-state index contributed by atoms with van der Waals surface area (Å²) in [7, 11) is 0. The molecule has 1 saturated heterocycles. The van der Waals surface area contributed by atoms with E-state index in [1.54, 1.807) is 6.92 Å². The number of hydrogen-bond acceptors (Lipinski definition) is 4. The molecule has 0 aromatic heterocycles. The first-order chi connectivity index (χ1) is 16.5. The summed E-state index contributed by atoms with van der Waals surface area (Å²) in [6, 6.07) is 0. The van der Waals surface area contributed by atoms with Gasteiger partial charge in [0.25, 0.3) is 0 Å². The molecule has 4 fully saturated rings. The van der Waals surface area contributed by atoms with Crippen molar-refractivity contribution in [2.75, 3.05) is 19.6 Å². The molecule has 3 saturated carbocycles. The van der Waals surface area contributed by atoms with Crippen molar-refractivity contribution in [3.05, 3.63) is 11.6 Å². The van der Waals surface area contributed by atoms with Gasteiger partial charge in [0.2, 0.25) is 0 Å². The Morgan fingerprint density at radius 3 is 2.57 bits per heavy atom. The molecule has 1 heterocycles. The summed E-state index contributed by atoms with van der Waals surface area (Å²) in [4.78, 5) is 27.5. The lowest BCUT2D eigenvalue weighted by molar-refractivity contribution is -0.161.